The quantitative estimate of drug-likeness (QED) is 0.461. The van der Waals surface area contributed by atoms with Gasteiger partial charge in [-0.1, -0.05) is 25.8 Å². The number of rotatable bonds is 6. The van der Waals surface area contributed by atoms with Crippen LogP contribution in [0.4, 0.5) is 4.79 Å². The Balaban J connectivity index is 1.77. The third-order valence-electron chi connectivity index (χ3n) is 4.61. The topological polar surface area (TPSA) is 73.9 Å². The lowest BCUT2D eigenvalue weighted by molar-refractivity contribution is -0.138. The van der Waals surface area contributed by atoms with Crippen molar-refractivity contribution in [2.24, 2.45) is 5.92 Å². The van der Waals surface area contributed by atoms with Crippen molar-refractivity contribution >= 4 is 12.1 Å². The molecule has 1 aliphatic heterocycles. The largest absolute Gasteiger partial charge is 0.460 e. The average Bonchev–Trinajstić information content (AvgIpc) is 3.01. The Kier molecular flexibility index (Phi) is 6.45. The van der Waals surface area contributed by atoms with E-state index in [4.69, 9.17) is 14.2 Å². The summed E-state index contributed by atoms with van der Waals surface area (Å²) in [4.78, 5) is 23.3. The van der Waals surface area contributed by atoms with Crippen LogP contribution >= 0.6 is 0 Å². The van der Waals surface area contributed by atoms with Gasteiger partial charge >= 0.3 is 12.1 Å². The minimum Gasteiger partial charge on any atom is -0.460 e. The van der Waals surface area contributed by atoms with E-state index < -0.39 is 17.7 Å². The number of amides is 1. The first-order chi connectivity index (χ1) is 11.0. The molecule has 1 saturated carbocycles. The van der Waals surface area contributed by atoms with Crippen molar-refractivity contribution in [3.63, 3.8) is 0 Å². The maximum atomic E-state index is 12.1. The minimum absolute atomic E-state index is 0.105. The first-order valence-electron chi connectivity index (χ1n) is 8.41. The van der Waals surface area contributed by atoms with Crippen LogP contribution in [0.1, 0.15) is 45.4 Å². The minimum atomic E-state index is -0.487. The van der Waals surface area contributed by atoms with Crippen LogP contribution in [0, 0.1) is 5.92 Å². The standard InChI is InChI=1S/C17H27NO5/c1-13(2)15(19)22-11-9-18-16(20)23-17(8-10-21-12-17)14-6-4-3-5-7-14/h14H,1,3-12H2,2H3,(H,18,20). The molecular weight excluding hydrogens is 298 g/mol. The summed E-state index contributed by atoms with van der Waals surface area (Å²) in [6.07, 6.45) is 6.11. The van der Waals surface area contributed by atoms with Gasteiger partial charge in [0.25, 0.3) is 0 Å². The molecule has 130 valence electrons. The molecule has 0 spiro atoms. The molecule has 6 heteroatoms. The SMILES string of the molecule is C=C(C)C(=O)OCCNC(=O)OC1(C2CCCCC2)CCOC1. The summed E-state index contributed by atoms with van der Waals surface area (Å²) in [6, 6.07) is 0. The molecule has 6 nitrogen and oxygen atoms in total. The fraction of sp³-hybridized carbons (Fsp3) is 0.765. The monoisotopic (exact) mass is 325 g/mol. The molecule has 1 heterocycles. The van der Waals surface area contributed by atoms with E-state index in [2.05, 4.69) is 11.9 Å². The molecule has 1 saturated heterocycles. The summed E-state index contributed by atoms with van der Waals surface area (Å²) in [5, 5.41) is 2.64. The number of hydrogen-bond donors (Lipinski definition) is 1. The molecule has 1 aliphatic carbocycles. The van der Waals surface area contributed by atoms with Crippen molar-refractivity contribution in [2.75, 3.05) is 26.4 Å². The van der Waals surface area contributed by atoms with Crippen LogP contribution in [-0.2, 0) is 19.0 Å². The predicted octanol–water partition coefficient (Wildman–Crippen LogP) is 2.57. The lowest BCUT2D eigenvalue weighted by atomic mass is 9.76. The van der Waals surface area contributed by atoms with Gasteiger partial charge in [-0.25, -0.2) is 9.59 Å². The van der Waals surface area contributed by atoms with Gasteiger partial charge in [-0.05, 0) is 19.8 Å². The van der Waals surface area contributed by atoms with Crippen LogP contribution in [0.3, 0.4) is 0 Å². The van der Waals surface area contributed by atoms with Crippen LogP contribution in [0.15, 0.2) is 12.2 Å². The van der Waals surface area contributed by atoms with E-state index in [0.29, 0.717) is 24.7 Å². The summed E-state index contributed by atoms with van der Waals surface area (Å²) in [7, 11) is 0. The predicted molar refractivity (Wildman–Crippen MR) is 85.0 cm³/mol. The molecule has 0 aromatic heterocycles. The fourth-order valence-corrected chi connectivity index (χ4v) is 3.32. The van der Waals surface area contributed by atoms with Gasteiger partial charge in [0, 0.05) is 17.9 Å². The van der Waals surface area contributed by atoms with E-state index in [1.54, 1.807) is 6.92 Å². The van der Waals surface area contributed by atoms with Crippen molar-refractivity contribution in [1.29, 1.82) is 0 Å². The van der Waals surface area contributed by atoms with Gasteiger partial charge in [0.15, 0.2) is 0 Å². The zero-order valence-electron chi connectivity index (χ0n) is 13.9. The molecule has 2 rings (SSSR count). The molecular formula is C17H27NO5. The van der Waals surface area contributed by atoms with Gasteiger partial charge in [-0.2, -0.15) is 0 Å². The third-order valence-corrected chi connectivity index (χ3v) is 4.61. The third kappa shape index (κ3) is 4.96. The van der Waals surface area contributed by atoms with Crippen molar-refractivity contribution in [3.8, 4) is 0 Å². The summed E-state index contributed by atoms with van der Waals surface area (Å²) in [5.74, 6) is -0.0752. The Morgan fingerprint density at radius 3 is 2.65 bits per heavy atom. The first-order valence-corrected chi connectivity index (χ1v) is 8.41. The molecule has 1 atom stereocenters. The van der Waals surface area contributed by atoms with E-state index in [1.165, 1.54) is 19.3 Å². The fourth-order valence-electron chi connectivity index (χ4n) is 3.32. The van der Waals surface area contributed by atoms with E-state index in [-0.39, 0.29) is 13.2 Å². The van der Waals surface area contributed by atoms with E-state index in [9.17, 15) is 9.59 Å². The molecule has 2 fully saturated rings. The molecule has 0 aromatic rings. The van der Waals surface area contributed by atoms with Gasteiger partial charge in [0.1, 0.15) is 12.2 Å². The maximum absolute atomic E-state index is 12.1. The van der Waals surface area contributed by atoms with Crippen LogP contribution < -0.4 is 5.32 Å². The highest BCUT2D eigenvalue weighted by molar-refractivity contribution is 5.86. The first kappa shape index (κ1) is 17.8. The number of ether oxygens (including phenoxy) is 3. The van der Waals surface area contributed by atoms with Crippen LogP contribution in [0.5, 0.6) is 0 Å². The number of carbonyl (C=O) groups excluding carboxylic acids is 2. The normalized spacial score (nSPS) is 24.9. The zero-order valence-corrected chi connectivity index (χ0v) is 13.9. The highest BCUT2D eigenvalue weighted by Gasteiger charge is 2.46. The Labute approximate surface area is 137 Å². The van der Waals surface area contributed by atoms with Gasteiger partial charge in [0.05, 0.1) is 19.8 Å². The molecule has 1 N–H and O–H groups in total. The van der Waals surface area contributed by atoms with E-state index in [1.807, 2.05) is 0 Å². The number of esters is 1. The Hall–Kier alpha value is -1.56. The van der Waals surface area contributed by atoms with Gasteiger partial charge in [0.2, 0.25) is 0 Å². The van der Waals surface area contributed by atoms with Crippen molar-refractivity contribution < 1.29 is 23.8 Å². The summed E-state index contributed by atoms with van der Waals surface area (Å²) < 4.78 is 16.2. The second kappa shape index (κ2) is 8.34. The lowest BCUT2D eigenvalue weighted by Gasteiger charge is -2.37. The van der Waals surface area contributed by atoms with Gasteiger partial charge in [-0.3, -0.25) is 0 Å². The van der Waals surface area contributed by atoms with Crippen molar-refractivity contribution in [2.45, 2.75) is 51.0 Å². The maximum Gasteiger partial charge on any atom is 0.407 e. The molecule has 0 bridgehead atoms. The molecule has 1 unspecified atom stereocenters. The molecule has 1 amide bonds. The Bertz CT molecular complexity index is 436. The Morgan fingerprint density at radius 1 is 1.30 bits per heavy atom. The molecule has 0 radical (unpaired) electrons. The van der Waals surface area contributed by atoms with Gasteiger partial charge in [-0.15, -0.1) is 0 Å². The zero-order chi connectivity index (χ0) is 16.7. The number of hydrogen-bond acceptors (Lipinski definition) is 5. The highest BCUT2D eigenvalue weighted by Crippen LogP contribution is 2.40. The molecule has 2 aliphatic rings. The average molecular weight is 325 g/mol. The van der Waals surface area contributed by atoms with E-state index >= 15 is 0 Å². The lowest BCUT2D eigenvalue weighted by Crippen LogP contribution is -2.47. The van der Waals surface area contributed by atoms with Crippen LogP contribution in [0.2, 0.25) is 0 Å². The molecule has 0 aromatic carbocycles. The van der Waals surface area contributed by atoms with Crippen LogP contribution in [-0.4, -0.2) is 44.0 Å². The second-order valence-electron chi connectivity index (χ2n) is 6.43. The summed E-state index contributed by atoms with van der Waals surface area (Å²) >= 11 is 0. The number of nitrogens with one attached hydrogen (secondary N) is 1. The van der Waals surface area contributed by atoms with Crippen LogP contribution in [0.25, 0.3) is 0 Å². The summed E-state index contributed by atoms with van der Waals surface area (Å²) in [5.41, 5.74) is -0.147. The van der Waals surface area contributed by atoms with Gasteiger partial charge < -0.3 is 19.5 Å². The second-order valence-corrected chi connectivity index (χ2v) is 6.43. The summed E-state index contributed by atoms with van der Waals surface area (Å²) in [6.45, 7) is 6.53. The van der Waals surface area contributed by atoms with Crippen molar-refractivity contribution in [1.82, 2.24) is 5.32 Å². The highest BCUT2D eigenvalue weighted by atomic mass is 16.6. The number of carbonyl (C=O) groups is 2. The Morgan fingerprint density at radius 2 is 2.04 bits per heavy atom. The number of alkyl carbamates (subject to hydrolysis) is 1. The molecule has 23 heavy (non-hydrogen) atoms. The smallest absolute Gasteiger partial charge is 0.407 e. The van der Waals surface area contributed by atoms with E-state index in [0.717, 1.165) is 19.3 Å². The van der Waals surface area contributed by atoms with Crippen molar-refractivity contribution in [3.05, 3.63) is 12.2 Å².